The lowest BCUT2D eigenvalue weighted by molar-refractivity contribution is -0.0648. The molecule has 2 heterocycles. The molecule has 0 saturated carbocycles. The second-order valence-electron chi connectivity index (χ2n) is 7.96. The summed E-state index contributed by atoms with van der Waals surface area (Å²) in [5, 5.41) is 0. The van der Waals surface area contributed by atoms with E-state index < -0.39 is 0 Å². The van der Waals surface area contributed by atoms with Crippen molar-refractivity contribution >= 4 is 5.91 Å². The van der Waals surface area contributed by atoms with Crippen LogP contribution in [0.25, 0.3) is 0 Å². The number of hydrogen-bond donors (Lipinski definition) is 0. The maximum atomic E-state index is 13.0. The van der Waals surface area contributed by atoms with Crippen LogP contribution in [0.3, 0.4) is 0 Å². The van der Waals surface area contributed by atoms with Gasteiger partial charge in [-0.05, 0) is 50.7 Å². The number of amides is 1. The largest absolute Gasteiger partial charge is 0.337 e. The van der Waals surface area contributed by atoms with Gasteiger partial charge in [0.05, 0.1) is 0 Å². The molecule has 1 atom stereocenters. The lowest BCUT2D eigenvalue weighted by atomic mass is 9.77. The Bertz CT molecular complexity index is 595. The van der Waals surface area contributed by atoms with Crippen molar-refractivity contribution in [3.05, 3.63) is 34.9 Å². The normalized spacial score (nSPS) is 25.0. The number of piperidine rings is 1. The third-order valence-corrected chi connectivity index (χ3v) is 5.56. The number of aryl methyl sites for hydroxylation is 2. The summed E-state index contributed by atoms with van der Waals surface area (Å²) in [6.07, 6.45) is 3.62. The SMILES string of the molecule is Cc1ccc(C(=O)N2CCC[C@]3(CCN3CC(C)C)C2)c(C)c1. The molecule has 0 N–H and O–H groups in total. The van der Waals surface area contributed by atoms with Gasteiger partial charge in [-0.25, -0.2) is 0 Å². The van der Waals surface area contributed by atoms with E-state index in [0.717, 1.165) is 37.2 Å². The fourth-order valence-electron chi connectivity index (χ4n) is 4.28. The molecule has 3 nitrogen and oxygen atoms in total. The summed E-state index contributed by atoms with van der Waals surface area (Å²) in [5.74, 6) is 0.913. The van der Waals surface area contributed by atoms with Crippen LogP contribution in [0.1, 0.15) is 54.6 Å². The first-order chi connectivity index (χ1) is 10.9. The van der Waals surface area contributed by atoms with Crippen molar-refractivity contribution < 1.29 is 4.79 Å². The van der Waals surface area contributed by atoms with E-state index in [1.54, 1.807) is 0 Å². The minimum atomic E-state index is 0.220. The zero-order valence-corrected chi connectivity index (χ0v) is 15.1. The highest BCUT2D eigenvalue weighted by atomic mass is 16.2. The van der Waals surface area contributed by atoms with Crippen LogP contribution in [0.4, 0.5) is 0 Å². The van der Waals surface area contributed by atoms with Crippen LogP contribution in [0.5, 0.6) is 0 Å². The molecule has 0 aromatic heterocycles. The Kier molecular flexibility index (Phi) is 4.50. The number of hydrogen-bond acceptors (Lipinski definition) is 2. The summed E-state index contributed by atoms with van der Waals surface area (Å²) in [7, 11) is 0. The highest BCUT2D eigenvalue weighted by Gasteiger charge is 2.47. The number of carbonyl (C=O) groups excluding carboxylic acids is 1. The summed E-state index contributed by atoms with van der Waals surface area (Å²) in [6, 6.07) is 6.16. The molecule has 0 bridgehead atoms. The number of likely N-dealkylation sites (tertiary alicyclic amines) is 2. The second kappa shape index (κ2) is 6.27. The molecule has 126 valence electrons. The summed E-state index contributed by atoms with van der Waals surface area (Å²) < 4.78 is 0. The molecule has 23 heavy (non-hydrogen) atoms. The van der Waals surface area contributed by atoms with E-state index in [1.807, 2.05) is 19.1 Å². The van der Waals surface area contributed by atoms with E-state index in [1.165, 1.54) is 24.9 Å². The van der Waals surface area contributed by atoms with E-state index >= 15 is 0 Å². The van der Waals surface area contributed by atoms with Gasteiger partial charge < -0.3 is 4.90 Å². The van der Waals surface area contributed by atoms with Gasteiger partial charge in [-0.2, -0.15) is 0 Å². The van der Waals surface area contributed by atoms with E-state index in [-0.39, 0.29) is 11.4 Å². The van der Waals surface area contributed by atoms with Crippen LogP contribution in [-0.2, 0) is 0 Å². The number of benzene rings is 1. The summed E-state index contributed by atoms with van der Waals surface area (Å²) >= 11 is 0. The molecule has 3 rings (SSSR count). The fraction of sp³-hybridized carbons (Fsp3) is 0.650. The van der Waals surface area contributed by atoms with Gasteiger partial charge in [-0.3, -0.25) is 9.69 Å². The van der Waals surface area contributed by atoms with Gasteiger partial charge in [0.15, 0.2) is 0 Å². The Hall–Kier alpha value is -1.35. The van der Waals surface area contributed by atoms with Crippen molar-refractivity contribution in [3.63, 3.8) is 0 Å². The number of nitrogens with zero attached hydrogens (tertiary/aromatic N) is 2. The molecule has 2 aliphatic rings. The zero-order valence-electron chi connectivity index (χ0n) is 15.1. The molecule has 3 heteroatoms. The number of rotatable bonds is 3. The first-order valence-electron chi connectivity index (χ1n) is 9.03. The van der Waals surface area contributed by atoms with Gasteiger partial charge in [0, 0.05) is 37.3 Å². The molecule has 2 saturated heterocycles. The van der Waals surface area contributed by atoms with Crippen LogP contribution in [0, 0.1) is 19.8 Å². The molecular weight excluding hydrogens is 284 g/mol. The van der Waals surface area contributed by atoms with Crippen molar-refractivity contribution in [2.24, 2.45) is 5.92 Å². The first-order valence-corrected chi connectivity index (χ1v) is 9.03. The molecule has 0 radical (unpaired) electrons. The third-order valence-electron chi connectivity index (χ3n) is 5.56. The Morgan fingerprint density at radius 1 is 1.22 bits per heavy atom. The quantitative estimate of drug-likeness (QED) is 0.850. The first kappa shape index (κ1) is 16.5. The van der Waals surface area contributed by atoms with Crippen LogP contribution in [0.15, 0.2) is 18.2 Å². The minimum Gasteiger partial charge on any atom is -0.337 e. The highest BCUT2D eigenvalue weighted by molar-refractivity contribution is 5.95. The molecule has 2 aliphatic heterocycles. The summed E-state index contributed by atoms with van der Waals surface area (Å²) in [4.78, 5) is 17.7. The molecular formula is C20H30N2O. The average Bonchev–Trinajstić information content (AvgIpc) is 2.51. The highest BCUT2D eigenvalue weighted by Crippen LogP contribution is 2.39. The Balaban J connectivity index is 1.75. The Morgan fingerprint density at radius 2 is 2.00 bits per heavy atom. The Labute approximate surface area is 140 Å². The molecule has 1 amide bonds. The van der Waals surface area contributed by atoms with Crippen molar-refractivity contribution in [3.8, 4) is 0 Å². The number of carbonyl (C=O) groups is 1. The molecule has 0 unspecified atom stereocenters. The third kappa shape index (κ3) is 3.16. The zero-order chi connectivity index (χ0) is 16.6. The Morgan fingerprint density at radius 3 is 2.61 bits per heavy atom. The fourth-order valence-corrected chi connectivity index (χ4v) is 4.28. The van der Waals surface area contributed by atoms with E-state index in [0.29, 0.717) is 5.92 Å². The van der Waals surface area contributed by atoms with Crippen molar-refractivity contribution in [2.45, 2.75) is 52.5 Å². The van der Waals surface area contributed by atoms with Gasteiger partial charge in [-0.15, -0.1) is 0 Å². The smallest absolute Gasteiger partial charge is 0.254 e. The van der Waals surface area contributed by atoms with Crippen molar-refractivity contribution in [2.75, 3.05) is 26.2 Å². The summed E-state index contributed by atoms with van der Waals surface area (Å²) in [6.45, 7) is 12.9. The minimum absolute atomic E-state index is 0.220. The lowest BCUT2D eigenvalue weighted by Crippen LogP contribution is -2.68. The average molecular weight is 314 g/mol. The molecule has 1 spiro atoms. The predicted octanol–water partition coefficient (Wildman–Crippen LogP) is 3.64. The van der Waals surface area contributed by atoms with Gasteiger partial charge >= 0.3 is 0 Å². The standard InChI is InChI=1S/C20H30N2O/c1-15(2)13-22-11-9-20(22)8-5-10-21(14-20)19(23)18-7-6-16(3)12-17(18)4/h6-7,12,15H,5,8-11,13-14H2,1-4H3/t20-/m0/s1. The van der Waals surface area contributed by atoms with Gasteiger partial charge in [0.2, 0.25) is 0 Å². The van der Waals surface area contributed by atoms with Gasteiger partial charge in [-0.1, -0.05) is 31.5 Å². The van der Waals surface area contributed by atoms with Crippen molar-refractivity contribution in [1.29, 1.82) is 0 Å². The van der Waals surface area contributed by atoms with E-state index in [2.05, 4.69) is 36.6 Å². The molecule has 1 aromatic carbocycles. The maximum absolute atomic E-state index is 13.0. The molecule has 2 fully saturated rings. The maximum Gasteiger partial charge on any atom is 0.254 e. The van der Waals surface area contributed by atoms with Gasteiger partial charge in [0.25, 0.3) is 5.91 Å². The van der Waals surface area contributed by atoms with Gasteiger partial charge in [0.1, 0.15) is 0 Å². The van der Waals surface area contributed by atoms with Crippen LogP contribution < -0.4 is 0 Å². The van der Waals surface area contributed by atoms with E-state index in [4.69, 9.17) is 0 Å². The lowest BCUT2D eigenvalue weighted by Gasteiger charge is -2.57. The predicted molar refractivity (Wildman–Crippen MR) is 94.8 cm³/mol. The second-order valence-corrected chi connectivity index (χ2v) is 7.96. The monoisotopic (exact) mass is 314 g/mol. The molecule has 1 aromatic rings. The van der Waals surface area contributed by atoms with Crippen LogP contribution in [-0.4, -0.2) is 47.4 Å². The summed E-state index contributed by atoms with van der Waals surface area (Å²) in [5.41, 5.74) is 3.46. The topological polar surface area (TPSA) is 23.6 Å². The van der Waals surface area contributed by atoms with Crippen LogP contribution >= 0.6 is 0 Å². The van der Waals surface area contributed by atoms with Crippen LogP contribution in [0.2, 0.25) is 0 Å². The van der Waals surface area contributed by atoms with E-state index in [9.17, 15) is 4.79 Å². The van der Waals surface area contributed by atoms with Crippen molar-refractivity contribution in [1.82, 2.24) is 9.80 Å². The molecule has 0 aliphatic carbocycles.